The highest BCUT2D eigenvalue weighted by atomic mass is 79.9. The first-order valence-electron chi connectivity index (χ1n) is 12.8. The fourth-order valence-corrected chi connectivity index (χ4v) is 4.88. The van der Waals surface area contributed by atoms with Crippen LogP contribution in [0.5, 0.6) is 11.5 Å². The minimum Gasteiger partial charge on any atom is -0.490 e. The molecule has 0 unspecified atom stereocenters. The Morgan fingerprint density at radius 2 is 1.98 bits per heavy atom. The zero-order chi connectivity index (χ0) is 29.5. The summed E-state index contributed by atoms with van der Waals surface area (Å²) in [4.78, 5) is 24.5. The molecule has 41 heavy (non-hydrogen) atoms. The van der Waals surface area contributed by atoms with E-state index in [0.717, 1.165) is 15.6 Å². The Kier molecular flexibility index (Phi) is 9.69. The van der Waals surface area contributed by atoms with Crippen LogP contribution in [0.1, 0.15) is 36.8 Å². The monoisotopic (exact) mass is 626 g/mol. The summed E-state index contributed by atoms with van der Waals surface area (Å²) in [6.45, 7) is 5.65. The fraction of sp³-hybridized carbons (Fsp3) is 0.276. The van der Waals surface area contributed by atoms with Gasteiger partial charge in [0.15, 0.2) is 17.7 Å². The molecule has 4 rings (SSSR count). The van der Waals surface area contributed by atoms with Crippen LogP contribution in [-0.2, 0) is 9.53 Å². The SMILES string of the molecule is CCOc1cc([C@@H]2NC(=O)NC(C)=C2C(=O)OC)ccc1OC[C@@H](O)N/N=C/c1ccc(-c2ccc(C)cc2Br)o1. The number of nitrogens with one attached hydrogen (secondary N) is 3. The highest BCUT2D eigenvalue weighted by Crippen LogP contribution is 2.35. The number of rotatable bonds is 11. The van der Waals surface area contributed by atoms with Crippen LogP contribution in [0.4, 0.5) is 4.79 Å². The number of esters is 1. The average Bonchev–Trinajstić information content (AvgIpc) is 3.40. The van der Waals surface area contributed by atoms with Gasteiger partial charge in [-0.05, 0) is 68.3 Å². The van der Waals surface area contributed by atoms with E-state index >= 15 is 0 Å². The van der Waals surface area contributed by atoms with Crippen molar-refractivity contribution in [2.24, 2.45) is 5.10 Å². The van der Waals surface area contributed by atoms with Gasteiger partial charge in [0.25, 0.3) is 0 Å². The lowest BCUT2D eigenvalue weighted by atomic mass is 9.95. The van der Waals surface area contributed by atoms with Crippen LogP contribution in [0, 0.1) is 6.92 Å². The van der Waals surface area contributed by atoms with E-state index in [4.69, 9.17) is 18.6 Å². The van der Waals surface area contributed by atoms with Gasteiger partial charge in [0.1, 0.15) is 18.1 Å². The lowest BCUT2D eigenvalue weighted by Crippen LogP contribution is -2.45. The smallest absolute Gasteiger partial charge is 0.337 e. The molecule has 0 fully saturated rings. The molecular weight excluding hydrogens is 596 g/mol. The van der Waals surface area contributed by atoms with E-state index in [9.17, 15) is 14.7 Å². The minimum atomic E-state index is -1.14. The van der Waals surface area contributed by atoms with Gasteiger partial charge in [-0.3, -0.25) is 5.43 Å². The number of aliphatic hydroxyl groups is 1. The maximum atomic E-state index is 12.4. The first-order chi connectivity index (χ1) is 19.7. The minimum absolute atomic E-state index is 0.146. The Morgan fingerprint density at radius 3 is 2.71 bits per heavy atom. The van der Waals surface area contributed by atoms with Gasteiger partial charge in [0, 0.05) is 15.7 Å². The summed E-state index contributed by atoms with van der Waals surface area (Å²) in [6, 6.07) is 13.4. The standard InChI is InChI=1S/C29H31BrN4O7/c1-5-39-24-13-18(27-26(28(36)38-4)17(3)32-29(37)33-27)7-10-23(24)40-15-25(35)34-31-14-19-8-11-22(41-19)20-9-6-16(2)12-21(20)30/h6-14,25,27,34-35H,5,15H2,1-4H3,(H2,32,33,37)/b31-14+/t25-,27+/m1/s1. The molecule has 2 atom stereocenters. The average molecular weight is 627 g/mol. The zero-order valence-corrected chi connectivity index (χ0v) is 24.6. The molecule has 12 heteroatoms. The number of methoxy groups -OCH3 is 1. The molecule has 2 heterocycles. The van der Waals surface area contributed by atoms with E-state index in [1.165, 1.54) is 13.3 Å². The fourth-order valence-electron chi connectivity index (χ4n) is 4.20. The van der Waals surface area contributed by atoms with Crippen molar-refractivity contribution in [3.8, 4) is 22.8 Å². The Labute approximate surface area is 245 Å². The van der Waals surface area contributed by atoms with E-state index in [2.05, 4.69) is 37.1 Å². The van der Waals surface area contributed by atoms with Gasteiger partial charge in [0.2, 0.25) is 0 Å². The summed E-state index contributed by atoms with van der Waals surface area (Å²) in [5.41, 5.74) is 5.91. The van der Waals surface area contributed by atoms with Crippen LogP contribution in [0.25, 0.3) is 11.3 Å². The molecule has 3 aromatic rings. The number of benzene rings is 2. The molecular formula is C29H31BrN4O7. The molecule has 0 spiro atoms. The predicted octanol–water partition coefficient (Wildman–Crippen LogP) is 4.54. The Balaban J connectivity index is 1.40. The van der Waals surface area contributed by atoms with E-state index in [0.29, 0.717) is 40.9 Å². The number of hydrogen-bond acceptors (Lipinski definition) is 9. The molecule has 0 radical (unpaired) electrons. The first-order valence-corrected chi connectivity index (χ1v) is 13.6. The zero-order valence-electron chi connectivity index (χ0n) is 23.0. The number of hydrogen-bond donors (Lipinski definition) is 4. The predicted molar refractivity (Wildman–Crippen MR) is 156 cm³/mol. The topological polar surface area (TPSA) is 144 Å². The second kappa shape index (κ2) is 13.4. The van der Waals surface area contributed by atoms with Gasteiger partial charge in [-0.2, -0.15) is 5.10 Å². The number of carbonyl (C=O) groups excluding carboxylic acids is 2. The molecule has 4 N–H and O–H groups in total. The lowest BCUT2D eigenvalue weighted by molar-refractivity contribution is -0.136. The van der Waals surface area contributed by atoms with Crippen molar-refractivity contribution in [1.82, 2.24) is 16.1 Å². The number of ether oxygens (including phenoxy) is 3. The number of nitrogens with zero attached hydrogens (tertiary/aromatic N) is 1. The van der Waals surface area contributed by atoms with Gasteiger partial charge in [0.05, 0.1) is 31.5 Å². The molecule has 0 aliphatic carbocycles. The normalized spacial score (nSPS) is 15.8. The third-order valence-electron chi connectivity index (χ3n) is 6.10. The molecule has 0 saturated carbocycles. The molecule has 1 aromatic heterocycles. The molecule has 2 amide bonds. The van der Waals surface area contributed by atoms with Crippen molar-refractivity contribution in [1.29, 1.82) is 0 Å². The molecule has 11 nitrogen and oxygen atoms in total. The van der Waals surface area contributed by atoms with E-state index in [1.807, 2.05) is 38.1 Å². The molecule has 1 aliphatic rings. The number of carbonyl (C=O) groups is 2. The summed E-state index contributed by atoms with van der Waals surface area (Å²) in [5.74, 6) is 1.35. The number of amides is 2. The summed E-state index contributed by atoms with van der Waals surface area (Å²) in [6.07, 6.45) is 0.318. The number of hydrazone groups is 1. The summed E-state index contributed by atoms with van der Waals surface area (Å²) < 4.78 is 23.2. The molecule has 0 bridgehead atoms. The summed E-state index contributed by atoms with van der Waals surface area (Å²) in [7, 11) is 1.28. The number of furan rings is 1. The number of aliphatic hydroxyl groups excluding tert-OH is 1. The third-order valence-corrected chi connectivity index (χ3v) is 6.76. The van der Waals surface area contributed by atoms with Crippen molar-refractivity contribution in [3.05, 3.63) is 81.2 Å². The molecule has 1 aliphatic heterocycles. The Hall–Kier alpha value is -4.29. The molecule has 216 valence electrons. The second-order valence-corrected chi connectivity index (χ2v) is 9.95. The highest BCUT2D eigenvalue weighted by molar-refractivity contribution is 9.10. The second-order valence-electron chi connectivity index (χ2n) is 9.10. The van der Waals surface area contributed by atoms with Crippen molar-refractivity contribution in [3.63, 3.8) is 0 Å². The lowest BCUT2D eigenvalue weighted by Gasteiger charge is -2.28. The Bertz CT molecular complexity index is 1480. The summed E-state index contributed by atoms with van der Waals surface area (Å²) >= 11 is 3.55. The third kappa shape index (κ3) is 7.27. The largest absolute Gasteiger partial charge is 0.490 e. The van der Waals surface area contributed by atoms with E-state index < -0.39 is 24.3 Å². The number of halogens is 1. The van der Waals surface area contributed by atoms with Crippen LogP contribution in [0.3, 0.4) is 0 Å². The molecule has 0 saturated heterocycles. The first kappa shape index (κ1) is 29.7. The quantitative estimate of drug-likeness (QED) is 0.105. The summed E-state index contributed by atoms with van der Waals surface area (Å²) in [5, 5.41) is 19.7. The number of aryl methyl sites for hydroxylation is 1. The maximum Gasteiger partial charge on any atom is 0.337 e. The molecule has 2 aromatic carbocycles. The van der Waals surface area contributed by atoms with Gasteiger partial charge < -0.3 is 34.4 Å². The van der Waals surface area contributed by atoms with Crippen LogP contribution < -0.4 is 25.5 Å². The van der Waals surface area contributed by atoms with Gasteiger partial charge in [-0.1, -0.05) is 28.1 Å². The van der Waals surface area contributed by atoms with Crippen LogP contribution in [0.15, 0.2) is 73.8 Å². The van der Waals surface area contributed by atoms with Gasteiger partial charge in [-0.15, -0.1) is 0 Å². The van der Waals surface area contributed by atoms with Crippen molar-refractivity contribution < 1.29 is 33.3 Å². The van der Waals surface area contributed by atoms with E-state index in [-0.39, 0.29) is 12.2 Å². The van der Waals surface area contributed by atoms with Crippen LogP contribution in [0.2, 0.25) is 0 Å². The van der Waals surface area contributed by atoms with Crippen molar-refractivity contribution >= 4 is 34.1 Å². The Morgan fingerprint density at radius 1 is 1.17 bits per heavy atom. The van der Waals surface area contributed by atoms with Crippen molar-refractivity contribution in [2.45, 2.75) is 33.0 Å². The van der Waals surface area contributed by atoms with Crippen molar-refractivity contribution in [2.75, 3.05) is 20.3 Å². The van der Waals surface area contributed by atoms with Gasteiger partial charge >= 0.3 is 12.0 Å². The maximum absolute atomic E-state index is 12.4. The van der Waals surface area contributed by atoms with Crippen LogP contribution >= 0.6 is 15.9 Å². The highest BCUT2D eigenvalue weighted by Gasteiger charge is 2.32. The van der Waals surface area contributed by atoms with Gasteiger partial charge in [-0.25, -0.2) is 9.59 Å². The van der Waals surface area contributed by atoms with E-state index in [1.54, 1.807) is 31.2 Å². The van der Waals surface area contributed by atoms with Crippen LogP contribution in [-0.4, -0.2) is 49.9 Å². The number of allylic oxidation sites excluding steroid dienone is 1. The number of urea groups is 1.